The summed E-state index contributed by atoms with van der Waals surface area (Å²) in [5.41, 5.74) is 3.77. The maximum Gasteiger partial charge on any atom is 0.336 e. The van der Waals surface area contributed by atoms with E-state index in [9.17, 15) is 14.4 Å². The van der Waals surface area contributed by atoms with Crippen molar-refractivity contribution >= 4 is 29.7 Å². The summed E-state index contributed by atoms with van der Waals surface area (Å²) in [4.78, 5) is 32.7. The van der Waals surface area contributed by atoms with Gasteiger partial charge in [0.15, 0.2) is 0 Å². The summed E-state index contributed by atoms with van der Waals surface area (Å²) in [5, 5.41) is 8.06. The summed E-state index contributed by atoms with van der Waals surface area (Å²) < 4.78 is 0. The van der Waals surface area contributed by atoms with E-state index in [1.807, 2.05) is 10.9 Å². The Morgan fingerprint density at radius 1 is 1.06 bits per heavy atom. The molecule has 3 N–H and O–H groups in total. The molecule has 0 aliphatic rings. The molecule has 0 fully saturated rings. The fraction of sp³-hybridized carbons (Fsp3) is 0. The molecule has 6 nitrogen and oxygen atoms in total. The van der Waals surface area contributed by atoms with Crippen LogP contribution in [0.3, 0.4) is 0 Å². The second kappa shape index (κ2) is 5.17. The molecule has 0 saturated carbocycles. The van der Waals surface area contributed by atoms with Gasteiger partial charge in [-0.2, -0.15) is 0 Å². The molecular formula is C9H8N2O4S. The van der Waals surface area contributed by atoms with Crippen molar-refractivity contribution in [1.29, 1.82) is 0 Å². The molecule has 2 amide bonds. The summed E-state index contributed by atoms with van der Waals surface area (Å²) >= 11 is 3.37. The van der Waals surface area contributed by atoms with E-state index in [-0.39, 0.29) is 11.1 Å². The van der Waals surface area contributed by atoms with E-state index < -0.39 is 17.1 Å². The Morgan fingerprint density at radius 3 is 2.12 bits per heavy atom. The molecule has 0 aliphatic carbocycles. The molecule has 0 aromatic heterocycles. The molecule has 7 heteroatoms. The lowest BCUT2D eigenvalue weighted by Crippen LogP contribution is -2.39. The average molecular weight is 240 g/mol. The van der Waals surface area contributed by atoms with Crippen LogP contribution in [0, 0.1) is 0 Å². The third-order valence-electron chi connectivity index (χ3n) is 1.69. The number of thiol groups is 1. The van der Waals surface area contributed by atoms with Crippen molar-refractivity contribution in [1.82, 2.24) is 10.9 Å². The zero-order valence-electron chi connectivity index (χ0n) is 7.93. The van der Waals surface area contributed by atoms with E-state index in [2.05, 4.69) is 12.6 Å². The van der Waals surface area contributed by atoms with E-state index in [0.717, 1.165) is 0 Å². The summed E-state index contributed by atoms with van der Waals surface area (Å²) in [5.74, 6) is -1.94. The lowest BCUT2D eigenvalue weighted by Gasteiger charge is -2.06. The number of carbonyl (C=O) groups excluding carboxylic acids is 2. The zero-order valence-corrected chi connectivity index (χ0v) is 8.82. The first kappa shape index (κ1) is 12.1. The van der Waals surface area contributed by atoms with Crippen LogP contribution < -0.4 is 10.9 Å². The van der Waals surface area contributed by atoms with E-state index in [1.165, 1.54) is 24.3 Å². The number of hydrogen-bond acceptors (Lipinski definition) is 3. The van der Waals surface area contributed by atoms with E-state index in [1.54, 1.807) is 0 Å². The van der Waals surface area contributed by atoms with Gasteiger partial charge < -0.3 is 5.11 Å². The Bertz CT molecular complexity index is 447. The third kappa shape index (κ3) is 2.99. The maximum atomic E-state index is 11.5. The van der Waals surface area contributed by atoms with Crippen LogP contribution in [0.25, 0.3) is 0 Å². The molecule has 0 heterocycles. The number of nitrogens with one attached hydrogen (secondary N) is 2. The summed E-state index contributed by atoms with van der Waals surface area (Å²) in [6.45, 7) is 0. The van der Waals surface area contributed by atoms with Crippen molar-refractivity contribution in [2.75, 3.05) is 0 Å². The normalized spacial score (nSPS) is 9.31. The topological polar surface area (TPSA) is 95.5 Å². The van der Waals surface area contributed by atoms with Crippen LogP contribution in [-0.4, -0.2) is 22.2 Å². The van der Waals surface area contributed by atoms with Crippen LogP contribution in [0.5, 0.6) is 0 Å². The standard InChI is InChI=1S/C9H8N2O4S/c12-7(10-11-9(15)16)5-3-1-2-4-6(5)8(13)14/h1-4H,(H,10,12)(H,13,14)(H2,11,15,16). The van der Waals surface area contributed by atoms with Gasteiger partial charge in [0.1, 0.15) is 0 Å². The van der Waals surface area contributed by atoms with Gasteiger partial charge in [-0.05, 0) is 12.1 Å². The van der Waals surface area contributed by atoms with Crippen molar-refractivity contribution < 1.29 is 19.5 Å². The van der Waals surface area contributed by atoms with Gasteiger partial charge in [0.25, 0.3) is 11.1 Å². The van der Waals surface area contributed by atoms with E-state index >= 15 is 0 Å². The first-order valence-electron chi connectivity index (χ1n) is 4.14. The minimum absolute atomic E-state index is 0.0444. The molecule has 84 valence electrons. The zero-order chi connectivity index (χ0) is 12.1. The SMILES string of the molecule is O=C(S)NNC(=O)c1ccccc1C(=O)O. The average Bonchev–Trinajstić information content (AvgIpc) is 2.25. The number of carboxylic acids is 1. The number of hydrogen-bond donors (Lipinski definition) is 4. The number of rotatable bonds is 2. The van der Waals surface area contributed by atoms with Crippen molar-refractivity contribution in [3.05, 3.63) is 35.4 Å². The minimum Gasteiger partial charge on any atom is -0.478 e. The van der Waals surface area contributed by atoms with Gasteiger partial charge in [-0.25, -0.2) is 4.79 Å². The highest BCUT2D eigenvalue weighted by Gasteiger charge is 2.15. The number of aromatic carboxylic acids is 1. The summed E-state index contributed by atoms with van der Waals surface area (Å²) in [6.07, 6.45) is 0. The Kier molecular flexibility index (Phi) is 3.90. The molecule has 0 radical (unpaired) electrons. The first-order valence-corrected chi connectivity index (χ1v) is 4.58. The lowest BCUT2D eigenvalue weighted by atomic mass is 10.1. The Hall–Kier alpha value is -2.02. The van der Waals surface area contributed by atoms with Crippen molar-refractivity contribution in [2.45, 2.75) is 0 Å². The Balaban J connectivity index is 2.90. The smallest absolute Gasteiger partial charge is 0.336 e. The molecule has 1 aromatic carbocycles. The quantitative estimate of drug-likeness (QED) is 0.451. The van der Waals surface area contributed by atoms with Gasteiger partial charge >= 0.3 is 5.97 Å². The second-order valence-electron chi connectivity index (χ2n) is 2.74. The molecule has 16 heavy (non-hydrogen) atoms. The predicted octanol–water partition coefficient (Wildman–Crippen LogP) is 0.669. The predicted molar refractivity (Wildman–Crippen MR) is 58.4 cm³/mol. The highest BCUT2D eigenvalue weighted by molar-refractivity contribution is 7.96. The van der Waals surface area contributed by atoms with Crippen molar-refractivity contribution in [2.24, 2.45) is 0 Å². The van der Waals surface area contributed by atoms with Crippen LogP contribution in [-0.2, 0) is 0 Å². The molecule has 0 saturated heterocycles. The third-order valence-corrected chi connectivity index (χ3v) is 1.80. The molecule has 0 spiro atoms. The van der Waals surface area contributed by atoms with Crippen LogP contribution >= 0.6 is 12.6 Å². The molecule has 1 rings (SSSR count). The maximum absolute atomic E-state index is 11.5. The molecule has 0 unspecified atom stereocenters. The number of hydrazine groups is 1. The summed E-state index contributed by atoms with van der Waals surface area (Å²) in [6, 6.07) is 5.64. The monoisotopic (exact) mass is 240 g/mol. The van der Waals surface area contributed by atoms with Gasteiger partial charge in [0, 0.05) is 0 Å². The second-order valence-corrected chi connectivity index (χ2v) is 3.14. The molecule has 0 bridgehead atoms. The Labute approximate surface area is 96.0 Å². The van der Waals surface area contributed by atoms with Crippen molar-refractivity contribution in [3.63, 3.8) is 0 Å². The highest BCUT2D eigenvalue weighted by Crippen LogP contribution is 2.08. The van der Waals surface area contributed by atoms with Crippen LogP contribution in [0.4, 0.5) is 4.79 Å². The van der Waals surface area contributed by atoms with Gasteiger partial charge in [-0.15, -0.1) is 0 Å². The van der Waals surface area contributed by atoms with E-state index in [4.69, 9.17) is 5.11 Å². The first-order chi connectivity index (χ1) is 7.52. The number of carboxylic acid groups (broad SMARTS) is 1. The number of amides is 2. The Morgan fingerprint density at radius 2 is 1.62 bits per heavy atom. The van der Waals surface area contributed by atoms with Crippen LogP contribution in [0.1, 0.15) is 20.7 Å². The fourth-order valence-corrected chi connectivity index (χ4v) is 1.10. The minimum atomic E-state index is -1.22. The molecule has 1 aromatic rings. The summed E-state index contributed by atoms with van der Waals surface area (Å²) in [7, 11) is 0. The molecule has 0 atom stereocenters. The lowest BCUT2D eigenvalue weighted by molar-refractivity contribution is 0.0690. The number of carbonyl (C=O) groups is 3. The van der Waals surface area contributed by atoms with Gasteiger partial charge in [-0.1, -0.05) is 24.8 Å². The van der Waals surface area contributed by atoms with E-state index in [0.29, 0.717) is 0 Å². The molecular weight excluding hydrogens is 232 g/mol. The van der Waals surface area contributed by atoms with Gasteiger partial charge in [0.2, 0.25) is 0 Å². The van der Waals surface area contributed by atoms with Gasteiger partial charge in [0.05, 0.1) is 11.1 Å². The van der Waals surface area contributed by atoms with Crippen molar-refractivity contribution in [3.8, 4) is 0 Å². The van der Waals surface area contributed by atoms with Gasteiger partial charge in [-0.3, -0.25) is 20.4 Å². The van der Waals surface area contributed by atoms with Crippen LogP contribution in [0.15, 0.2) is 24.3 Å². The molecule has 0 aliphatic heterocycles. The highest BCUT2D eigenvalue weighted by atomic mass is 32.1. The van der Waals surface area contributed by atoms with Crippen LogP contribution in [0.2, 0.25) is 0 Å². The number of benzene rings is 1. The largest absolute Gasteiger partial charge is 0.478 e. The fourth-order valence-electron chi connectivity index (χ4n) is 1.05.